The van der Waals surface area contributed by atoms with Crippen LogP contribution in [0.25, 0.3) is 0 Å². The van der Waals surface area contributed by atoms with Crippen LogP contribution in [0, 0.1) is 15.5 Å². The summed E-state index contributed by atoms with van der Waals surface area (Å²) in [6.07, 6.45) is 2.13. The molecule has 1 unspecified atom stereocenters. The minimum absolute atomic E-state index is 0.0186. The smallest absolute Gasteiger partial charge is 0.409 e. The van der Waals surface area contributed by atoms with Crippen LogP contribution in [0.5, 0.6) is 0 Å². The molecule has 0 spiro atoms. The maximum absolute atomic E-state index is 13.2. The molecule has 1 aliphatic heterocycles. The molecular weight excluding hydrogens is 423 g/mol. The minimum Gasteiger partial charge on any atom is -0.453 e. The second kappa shape index (κ2) is 7.71. The molecule has 1 saturated heterocycles. The van der Waals surface area contributed by atoms with Crippen molar-refractivity contribution in [1.29, 1.82) is 0 Å². The lowest BCUT2D eigenvalue weighted by Gasteiger charge is -2.34. The molecule has 2 heterocycles. The maximum atomic E-state index is 13.2. The zero-order valence-electron chi connectivity index (χ0n) is 14.7. The Morgan fingerprint density at radius 1 is 1.50 bits per heavy atom. The quantitative estimate of drug-likeness (QED) is 0.719. The molecule has 3 atom stereocenters. The Morgan fingerprint density at radius 3 is 2.67 bits per heavy atom. The predicted octanol–water partition coefficient (Wildman–Crippen LogP) is 2.65. The fourth-order valence-electron chi connectivity index (χ4n) is 3.36. The average Bonchev–Trinajstić information content (AvgIpc) is 3.11. The molecule has 8 heteroatoms. The summed E-state index contributed by atoms with van der Waals surface area (Å²) >= 11 is 2.17. The first-order valence-electron chi connectivity index (χ1n) is 8.07. The van der Waals surface area contributed by atoms with Gasteiger partial charge in [0.25, 0.3) is 0 Å². The van der Waals surface area contributed by atoms with Crippen molar-refractivity contribution in [2.24, 2.45) is 11.8 Å². The standard InChI is InChI=1S/C16H25IN4O3/c1-9(2)13(20(4)16(23)24-5)15(22)21-8-10(3)6-11(21)14-18-7-12(17)19-14/h7,9-11,13H,6,8H2,1-5H3,(H,18,19)/t10?,11-,13-/m0/s1. The van der Waals surface area contributed by atoms with Gasteiger partial charge in [-0.05, 0) is 40.8 Å². The highest BCUT2D eigenvalue weighted by molar-refractivity contribution is 14.1. The van der Waals surface area contributed by atoms with Crippen molar-refractivity contribution in [3.05, 3.63) is 15.7 Å². The number of aromatic amines is 1. The molecule has 0 aromatic carbocycles. The van der Waals surface area contributed by atoms with E-state index in [0.717, 1.165) is 15.9 Å². The van der Waals surface area contributed by atoms with Gasteiger partial charge in [0, 0.05) is 13.6 Å². The third-order valence-electron chi connectivity index (χ3n) is 4.44. The zero-order chi connectivity index (χ0) is 18.0. The summed E-state index contributed by atoms with van der Waals surface area (Å²) in [6.45, 7) is 6.67. The molecule has 2 amide bonds. The lowest BCUT2D eigenvalue weighted by molar-refractivity contribution is -0.138. The van der Waals surface area contributed by atoms with Crippen LogP contribution in [0.4, 0.5) is 4.79 Å². The number of likely N-dealkylation sites (N-methyl/N-ethyl adjacent to an activating group) is 1. The van der Waals surface area contributed by atoms with Crippen molar-refractivity contribution >= 4 is 34.6 Å². The van der Waals surface area contributed by atoms with Crippen LogP contribution >= 0.6 is 22.6 Å². The van der Waals surface area contributed by atoms with E-state index in [1.54, 1.807) is 13.2 Å². The summed E-state index contributed by atoms with van der Waals surface area (Å²) in [7, 11) is 2.94. The summed E-state index contributed by atoms with van der Waals surface area (Å²) in [4.78, 5) is 36.0. The number of carbonyl (C=O) groups excluding carboxylic acids is 2. The van der Waals surface area contributed by atoms with Crippen LogP contribution in [0.2, 0.25) is 0 Å². The molecule has 1 aromatic heterocycles. The zero-order valence-corrected chi connectivity index (χ0v) is 16.9. The van der Waals surface area contributed by atoms with Gasteiger partial charge < -0.3 is 14.6 Å². The van der Waals surface area contributed by atoms with E-state index in [9.17, 15) is 9.59 Å². The number of hydrogen-bond donors (Lipinski definition) is 1. The summed E-state index contributed by atoms with van der Waals surface area (Å²) in [5.74, 6) is 1.12. The van der Waals surface area contributed by atoms with Crippen molar-refractivity contribution in [3.8, 4) is 0 Å². The van der Waals surface area contributed by atoms with Crippen LogP contribution in [0.3, 0.4) is 0 Å². The summed E-state index contributed by atoms with van der Waals surface area (Å²) in [5, 5.41) is 0. The Kier molecular flexibility index (Phi) is 6.11. The van der Waals surface area contributed by atoms with Crippen LogP contribution in [0.1, 0.15) is 39.1 Å². The second-order valence-electron chi connectivity index (χ2n) is 6.73. The number of halogens is 1. The number of nitrogens with zero attached hydrogens (tertiary/aromatic N) is 3. The van der Waals surface area contributed by atoms with Gasteiger partial charge in [-0.3, -0.25) is 9.69 Å². The number of likely N-dealkylation sites (tertiary alicyclic amines) is 1. The van der Waals surface area contributed by atoms with Gasteiger partial charge >= 0.3 is 6.09 Å². The van der Waals surface area contributed by atoms with E-state index in [-0.39, 0.29) is 17.9 Å². The Hall–Kier alpha value is -1.32. The lowest BCUT2D eigenvalue weighted by Crippen LogP contribution is -2.52. The molecular formula is C16H25IN4O3. The molecule has 0 radical (unpaired) electrons. The Morgan fingerprint density at radius 2 is 2.17 bits per heavy atom. The number of ether oxygens (including phenoxy) is 1. The Bertz CT molecular complexity index is 604. The first-order chi connectivity index (χ1) is 11.3. The fourth-order valence-corrected chi connectivity index (χ4v) is 3.77. The van der Waals surface area contributed by atoms with Gasteiger partial charge in [0.05, 0.1) is 23.0 Å². The number of aromatic nitrogens is 2. The summed E-state index contributed by atoms with van der Waals surface area (Å²) < 4.78 is 5.73. The van der Waals surface area contributed by atoms with Gasteiger partial charge in [0.2, 0.25) is 5.91 Å². The molecule has 2 rings (SSSR count). The van der Waals surface area contributed by atoms with Crippen molar-refractivity contribution in [1.82, 2.24) is 19.8 Å². The van der Waals surface area contributed by atoms with Gasteiger partial charge in [-0.15, -0.1) is 0 Å². The van der Waals surface area contributed by atoms with Crippen LogP contribution in [0.15, 0.2) is 6.20 Å². The number of hydrogen-bond acceptors (Lipinski definition) is 4. The largest absolute Gasteiger partial charge is 0.453 e. The van der Waals surface area contributed by atoms with Gasteiger partial charge in [-0.2, -0.15) is 0 Å². The van der Waals surface area contributed by atoms with Gasteiger partial charge in [0.15, 0.2) is 0 Å². The van der Waals surface area contributed by atoms with Crippen molar-refractivity contribution in [2.45, 2.75) is 39.3 Å². The minimum atomic E-state index is -0.556. The Labute approximate surface area is 156 Å². The molecule has 134 valence electrons. The molecule has 1 N–H and O–H groups in total. The normalized spacial score (nSPS) is 21.9. The van der Waals surface area contributed by atoms with E-state index in [1.165, 1.54) is 12.0 Å². The van der Waals surface area contributed by atoms with E-state index in [0.29, 0.717) is 12.5 Å². The highest BCUT2D eigenvalue weighted by atomic mass is 127. The topological polar surface area (TPSA) is 78.5 Å². The van der Waals surface area contributed by atoms with Crippen molar-refractivity contribution < 1.29 is 14.3 Å². The number of imidazole rings is 1. The van der Waals surface area contributed by atoms with Crippen molar-refractivity contribution in [2.75, 3.05) is 20.7 Å². The third-order valence-corrected chi connectivity index (χ3v) is 4.99. The van der Waals surface area contributed by atoms with E-state index in [2.05, 4.69) is 39.5 Å². The van der Waals surface area contributed by atoms with E-state index in [1.807, 2.05) is 18.7 Å². The lowest BCUT2D eigenvalue weighted by atomic mass is 10.0. The van der Waals surface area contributed by atoms with Crippen LogP contribution in [-0.2, 0) is 9.53 Å². The van der Waals surface area contributed by atoms with E-state index < -0.39 is 12.1 Å². The van der Waals surface area contributed by atoms with E-state index in [4.69, 9.17) is 4.74 Å². The number of H-pyrrole nitrogens is 1. The van der Waals surface area contributed by atoms with Gasteiger partial charge in [-0.1, -0.05) is 20.8 Å². The molecule has 1 fully saturated rings. The summed E-state index contributed by atoms with van der Waals surface area (Å²) in [6, 6.07) is -0.636. The van der Waals surface area contributed by atoms with Crippen LogP contribution < -0.4 is 0 Å². The highest BCUT2D eigenvalue weighted by Crippen LogP contribution is 2.35. The first kappa shape index (κ1) is 19.0. The molecule has 24 heavy (non-hydrogen) atoms. The number of rotatable bonds is 4. The monoisotopic (exact) mass is 448 g/mol. The molecule has 7 nitrogen and oxygen atoms in total. The molecule has 1 aromatic rings. The first-order valence-corrected chi connectivity index (χ1v) is 9.15. The molecule has 0 saturated carbocycles. The number of nitrogens with one attached hydrogen (secondary N) is 1. The fraction of sp³-hybridized carbons (Fsp3) is 0.688. The van der Waals surface area contributed by atoms with E-state index >= 15 is 0 Å². The second-order valence-corrected chi connectivity index (χ2v) is 7.90. The maximum Gasteiger partial charge on any atom is 0.409 e. The molecule has 1 aliphatic rings. The third kappa shape index (κ3) is 3.84. The Balaban J connectivity index is 2.28. The average molecular weight is 448 g/mol. The number of methoxy groups -OCH3 is 1. The number of amides is 2. The number of carbonyl (C=O) groups is 2. The van der Waals surface area contributed by atoms with Crippen LogP contribution in [-0.4, -0.2) is 58.5 Å². The molecule has 0 bridgehead atoms. The van der Waals surface area contributed by atoms with Gasteiger partial charge in [0.1, 0.15) is 11.9 Å². The predicted molar refractivity (Wildman–Crippen MR) is 98.3 cm³/mol. The van der Waals surface area contributed by atoms with Crippen molar-refractivity contribution in [3.63, 3.8) is 0 Å². The summed E-state index contributed by atoms with van der Waals surface area (Å²) in [5.41, 5.74) is 0. The van der Waals surface area contributed by atoms with Gasteiger partial charge in [-0.25, -0.2) is 9.78 Å². The molecule has 0 aliphatic carbocycles. The highest BCUT2D eigenvalue weighted by Gasteiger charge is 2.41. The SMILES string of the molecule is COC(=O)N(C)[C@H](C(=O)N1CC(C)C[C@H]1c1ncc(I)[nH]1)C(C)C.